The van der Waals surface area contributed by atoms with Gasteiger partial charge < -0.3 is 0 Å². The maximum atomic E-state index is 8.93. The molecule has 70 valence electrons. The van der Waals surface area contributed by atoms with Gasteiger partial charge in [0, 0.05) is 11.1 Å². The molecule has 0 radical (unpaired) electrons. The highest BCUT2D eigenvalue weighted by molar-refractivity contribution is 6.70. The fourth-order valence-corrected chi connectivity index (χ4v) is 1.71. The number of nitrogens with zero attached hydrogens (tertiary/aromatic N) is 2. The molecule has 0 spiro atoms. The van der Waals surface area contributed by atoms with Crippen LogP contribution in [0.4, 0.5) is 0 Å². The van der Waals surface area contributed by atoms with Crippen molar-refractivity contribution in [3.05, 3.63) is 35.4 Å². The molecule has 14 heavy (non-hydrogen) atoms. The van der Waals surface area contributed by atoms with Crippen LogP contribution in [-0.4, -0.2) is 5.17 Å². The highest BCUT2D eigenvalue weighted by atomic mass is 35.5. The summed E-state index contributed by atoms with van der Waals surface area (Å²) in [5.41, 5.74) is 3.82. The minimum Gasteiger partial charge on any atom is -0.271 e. The van der Waals surface area contributed by atoms with E-state index in [0.717, 1.165) is 0 Å². The first kappa shape index (κ1) is 9.32. The molecular weight excluding hydrogens is 221 g/mol. The largest absolute Gasteiger partial charge is 0.271 e. The van der Waals surface area contributed by atoms with Gasteiger partial charge in [0.05, 0.1) is 0 Å². The van der Waals surface area contributed by atoms with Crippen LogP contribution in [0.2, 0.25) is 0 Å². The summed E-state index contributed by atoms with van der Waals surface area (Å²) in [5.74, 6) is 0. The van der Waals surface area contributed by atoms with Crippen molar-refractivity contribution >= 4 is 28.4 Å². The number of alkyl halides is 1. The standard InChI is InChI=1S/C9H5Cl2N3/c10-8-6-3-1-2-4-7(6)9(11,5-12)14-13-8/h1-4,14H. The summed E-state index contributed by atoms with van der Waals surface area (Å²) < 4.78 is 0. The van der Waals surface area contributed by atoms with E-state index >= 15 is 0 Å². The third-order valence-corrected chi connectivity index (χ3v) is 2.64. The van der Waals surface area contributed by atoms with E-state index in [9.17, 15) is 0 Å². The lowest BCUT2D eigenvalue weighted by atomic mass is 10.0. The number of benzene rings is 1. The van der Waals surface area contributed by atoms with Crippen LogP contribution in [-0.2, 0) is 5.00 Å². The van der Waals surface area contributed by atoms with Crippen molar-refractivity contribution in [1.82, 2.24) is 5.43 Å². The minimum absolute atomic E-state index is 0.312. The van der Waals surface area contributed by atoms with E-state index in [0.29, 0.717) is 16.3 Å². The van der Waals surface area contributed by atoms with Crippen LogP contribution in [0.3, 0.4) is 0 Å². The maximum absolute atomic E-state index is 8.93. The van der Waals surface area contributed by atoms with Crippen LogP contribution in [0.1, 0.15) is 11.1 Å². The molecule has 1 atom stereocenters. The van der Waals surface area contributed by atoms with Crippen LogP contribution in [0.15, 0.2) is 29.4 Å². The van der Waals surface area contributed by atoms with Crippen molar-refractivity contribution in [2.45, 2.75) is 5.00 Å². The predicted molar refractivity (Wildman–Crippen MR) is 55.1 cm³/mol. The first-order chi connectivity index (χ1) is 6.67. The Morgan fingerprint density at radius 3 is 2.86 bits per heavy atom. The van der Waals surface area contributed by atoms with Gasteiger partial charge in [-0.1, -0.05) is 47.5 Å². The van der Waals surface area contributed by atoms with E-state index in [1.807, 2.05) is 12.1 Å². The Hall–Kier alpha value is -1.24. The van der Waals surface area contributed by atoms with Crippen molar-refractivity contribution in [2.75, 3.05) is 0 Å². The molecule has 2 rings (SSSR count). The number of hydrogen-bond donors (Lipinski definition) is 1. The van der Waals surface area contributed by atoms with Crippen molar-refractivity contribution in [3.8, 4) is 6.07 Å². The second-order valence-corrected chi connectivity index (χ2v) is 3.76. The maximum Gasteiger partial charge on any atom is 0.241 e. The average Bonchev–Trinajstić information content (AvgIpc) is 2.24. The molecule has 0 aliphatic carbocycles. The molecule has 0 saturated heterocycles. The van der Waals surface area contributed by atoms with Gasteiger partial charge in [0.25, 0.3) is 0 Å². The highest BCUT2D eigenvalue weighted by Gasteiger charge is 2.35. The zero-order valence-electron chi connectivity index (χ0n) is 6.96. The van der Waals surface area contributed by atoms with E-state index < -0.39 is 5.00 Å². The van der Waals surface area contributed by atoms with Crippen molar-refractivity contribution in [2.24, 2.45) is 5.10 Å². The van der Waals surface area contributed by atoms with Gasteiger partial charge in [0.1, 0.15) is 6.07 Å². The Morgan fingerprint density at radius 2 is 2.14 bits per heavy atom. The Labute approximate surface area is 90.9 Å². The fraction of sp³-hybridized carbons (Fsp3) is 0.111. The van der Waals surface area contributed by atoms with Crippen LogP contribution in [0.5, 0.6) is 0 Å². The van der Waals surface area contributed by atoms with Crippen molar-refractivity contribution < 1.29 is 0 Å². The van der Waals surface area contributed by atoms with E-state index in [4.69, 9.17) is 28.5 Å². The predicted octanol–water partition coefficient (Wildman–Crippen LogP) is 2.11. The smallest absolute Gasteiger partial charge is 0.241 e. The van der Waals surface area contributed by atoms with E-state index in [1.54, 1.807) is 18.2 Å². The van der Waals surface area contributed by atoms with Crippen molar-refractivity contribution in [3.63, 3.8) is 0 Å². The SMILES string of the molecule is N#CC1(Cl)NN=C(Cl)c2ccccc21. The third-order valence-electron chi connectivity index (χ3n) is 1.98. The molecule has 3 nitrogen and oxygen atoms in total. The summed E-state index contributed by atoms with van der Waals surface area (Å²) in [6, 6.07) is 9.08. The molecule has 1 aliphatic rings. The molecule has 5 heteroatoms. The van der Waals surface area contributed by atoms with Crippen LogP contribution in [0.25, 0.3) is 0 Å². The Balaban J connectivity index is 2.67. The van der Waals surface area contributed by atoms with Crippen LogP contribution >= 0.6 is 23.2 Å². The van der Waals surface area contributed by atoms with Gasteiger partial charge in [-0.25, -0.2) is 0 Å². The zero-order chi connectivity index (χ0) is 10.2. The highest BCUT2D eigenvalue weighted by Crippen LogP contribution is 2.32. The molecule has 1 aliphatic heterocycles. The van der Waals surface area contributed by atoms with Crippen molar-refractivity contribution in [1.29, 1.82) is 5.26 Å². The number of hydrazone groups is 1. The topological polar surface area (TPSA) is 48.2 Å². The van der Waals surface area contributed by atoms with Gasteiger partial charge in [-0.15, -0.1) is 0 Å². The number of fused-ring (bicyclic) bond motifs is 1. The van der Waals surface area contributed by atoms with Crippen LogP contribution < -0.4 is 5.43 Å². The summed E-state index contributed by atoms with van der Waals surface area (Å²) >= 11 is 11.9. The normalized spacial score (nSPS) is 24.2. The number of halogens is 2. The summed E-state index contributed by atoms with van der Waals surface area (Å²) in [5, 5.41) is 13.0. The van der Waals surface area contributed by atoms with Gasteiger partial charge in [0.2, 0.25) is 5.00 Å². The lowest BCUT2D eigenvalue weighted by Gasteiger charge is -2.25. The molecule has 1 unspecified atom stereocenters. The van der Waals surface area contributed by atoms with E-state index in [2.05, 4.69) is 10.5 Å². The van der Waals surface area contributed by atoms with E-state index in [-0.39, 0.29) is 0 Å². The van der Waals surface area contributed by atoms with Gasteiger partial charge in [0.15, 0.2) is 5.17 Å². The van der Waals surface area contributed by atoms with Gasteiger partial charge in [-0.3, -0.25) is 5.43 Å². The van der Waals surface area contributed by atoms with Gasteiger partial charge in [-0.05, 0) is 0 Å². The zero-order valence-corrected chi connectivity index (χ0v) is 8.47. The summed E-state index contributed by atoms with van der Waals surface area (Å²) in [6.45, 7) is 0. The number of rotatable bonds is 0. The molecule has 0 fully saturated rings. The molecule has 0 saturated carbocycles. The molecule has 1 heterocycles. The quantitative estimate of drug-likeness (QED) is 0.544. The number of hydrogen-bond acceptors (Lipinski definition) is 3. The molecule has 0 amide bonds. The third kappa shape index (κ3) is 1.24. The summed E-state index contributed by atoms with van der Waals surface area (Å²) in [4.78, 5) is -1.31. The molecule has 1 aromatic carbocycles. The van der Waals surface area contributed by atoms with E-state index in [1.165, 1.54) is 0 Å². The minimum atomic E-state index is -1.31. The van der Waals surface area contributed by atoms with Gasteiger partial charge in [-0.2, -0.15) is 10.4 Å². The lowest BCUT2D eigenvalue weighted by Crippen LogP contribution is -2.37. The molecule has 0 aromatic heterocycles. The van der Waals surface area contributed by atoms with Gasteiger partial charge >= 0.3 is 0 Å². The van der Waals surface area contributed by atoms with Crippen LogP contribution in [0, 0.1) is 11.3 Å². The monoisotopic (exact) mass is 225 g/mol. The summed E-state index contributed by atoms with van der Waals surface area (Å²) in [7, 11) is 0. The second kappa shape index (κ2) is 3.16. The molecule has 1 N–H and O–H groups in total. The lowest BCUT2D eigenvalue weighted by molar-refractivity contribution is 0.594. The second-order valence-electron chi connectivity index (χ2n) is 2.83. The first-order valence-electron chi connectivity index (χ1n) is 3.88. The Morgan fingerprint density at radius 1 is 1.43 bits per heavy atom. The first-order valence-corrected chi connectivity index (χ1v) is 4.63. The number of nitriles is 1. The Kier molecular flexibility index (Phi) is 2.10. The Bertz CT molecular complexity index is 450. The fourth-order valence-electron chi connectivity index (χ4n) is 1.30. The summed E-state index contributed by atoms with van der Waals surface area (Å²) in [6.07, 6.45) is 0. The average molecular weight is 226 g/mol. The molecular formula is C9H5Cl2N3. The number of nitrogens with one attached hydrogen (secondary N) is 1. The molecule has 1 aromatic rings. The molecule has 0 bridgehead atoms.